The predicted octanol–water partition coefficient (Wildman–Crippen LogP) is 8.54. The molecule has 2 heterocycles. The first-order valence-electron chi connectivity index (χ1n) is 15.8. The van der Waals surface area contributed by atoms with Crippen molar-refractivity contribution in [2.45, 2.75) is 31.2 Å². The lowest BCUT2D eigenvalue weighted by molar-refractivity contribution is -0.903. The maximum absolute atomic E-state index is 2.62. The zero-order chi connectivity index (χ0) is 30.5. The van der Waals surface area contributed by atoms with Gasteiger partial charge in [-0.1, -0.05) is 97.5 Å². The molecule has 0 radical (unpaired) electrons. The van der Waals surface area contributed by atoms with Crippen LogP contribution in [0.1, 0.15) is 30.9 Å². The van der Waals surface area contributed by atoms with Crippen molar-refractivity contribution in [1.29, 1.82) is 0 Å². The summed E-state index contributed by atoms with van der Waals surface area (Å²) in [5.41, 5.74) is 6.35. The zero-order valence-corrected chi connectivity index (χ0v) is 27.3. The average molecular weight is 601 g/mol. The van der Waals surface area contributed by atoms with Crippen LogP contribution in [0, 0.1) is 0 Å². The van der Waals surface area contributed by atoms with E-state index in [4.69, 9.17) is 0 Å². The topological polar surface area (TPSA) is 10.4 Å². The summed E-state index contributed by atoms with van der Waals surface area (Å²) < 4.78 is 3.44. The number of quaternary nitrogens is 1. The first kappa shape index (κ1) is 30.0. The van der Waals surface area contributed by atoms with E-state index >= 15 is 0 Å². The van der Waals surface area contributed by atoms with Gasteiger partial charge >= 0.3 is 0 Å². The first-order valence-corrected chi connectivity index (χ1v) is 16.6. The van der Waals surface area contributed by atoms with Crippen LogP contribution in [-0.4, -0.2) is 45.3 Å². The Morgan fingerprint density at radius 1 is 0.818 bits per heavy atom. The molecule has 5 aromatic rings. The molecule has 44 heavy (non-hydrogen) atoms. The monoisotopic (exact) mass is 600 g/mol. The van der Waals surface area contributed by atoms with Crippen molar-refractivity contribution in [1.82, 2.24) is 0 Å². The van der Waals surface area contributed by atoms with Gasteiger partial charge in [0.15, 0.2) is 0 Å². The summed E-state index contributed by atoms with van der Waals surface area (Å²) in [4.78, 5) is 6.25. The number of thioether (sulfide) groups is 1. The molecule has 4 nitrogen and oxygen atoms in total. The van der Waals surface area contributed by atoms with Crippen LogP contribution < -0.4 is 14.4 Å². The number of pyridine rings is 1. The molecule has 0 fully saturated rings. The minimum atomic E-state index is 0.974. The minimum Gasteiger partial charge on any atom is -0.338 e. The molecule has 0 N–H and O–H groups in total. The van der Waals surface area contributed by atoms with E-state index in [1.807, 2.05) is 11.8 Å². The molecule has 5 heteroatoms. The summed E-state index contributed by atoms with van der Waals surface area (Å²) in [6, 6.07) is 41.7. The molecule has 6 rings (SSSR count). The van der Waals surface area contributed by atoms with Crippen LogP contribution in [-0.2, 0) is 6.54 Å². The van der Waals surface area contributed by atoms with Crippen molar-refractivity contribution >= 4 is 40.2 Å². The highest BCUT2D eigenvalue weighted by molar-refractivity contribution is 8.03. The highest BCUT2D eigenvalue weighted by atomic mass is 32.2. The van der Waals surface area contributed by atoms with Gasteiger partial charge < -0.3 is 9.38 Å². The van der Waals surface area contributed by atoms with Gasteiger partial charge in [0.25, 0.3) is 5.82 Å². The Balaban J connectivity index is 1.39. The Labute approximate surface area is 267 Å². The van der Waals surface area contributed by atoms with Gasteiger partial charge in [-0.2, -0.15) is 4.57 Å². The molecule has 0 unspecified atom stereocenters. The van der Waals surface area contributed by atoms with Gasteiger partial charge in [0.1, 0.15) is 17.7 Å². The standard InChI is InChI=1S/C39H44N4S/c1-5-25-41(26-16-27-43(3,4)30-31-17-8-6-9-18-31)38-28-32(29-39-40(2)36-23-14-15-24-37(36)44-39)34-21-12-13-22-35(34)42(38)33-19-10-7-11-20-33/h6-15,17-24,28-29H,5,16,25-27,30H2,1-4H3/q+2. The van der Waals surface area contributed by atoms with Crippen LogP contribution in [0.15, 0.2) is 125 Å². The molecule has 0 saturated heterocycles. The number of aromatic nitrogens is 1. The summed E-state index contributed by atoms with van der Waals surface area (Å²) in [5, 5.41) is 2.51. The number of benzene rings is 4. The van der Waals surface area contributed by atoms with Crippen molar-refractivity contribution in [2.75, 3.05) is 50.6 Å². The first-order chi connectivity index (χ1) is 21.4. The van der Waals surface area contributed by atoms with E-state index in [1.54, 1.807) is 0 Å². The maximum atomic E-state index is 2.62. The summed E-state index contributed by atoms with van der Waals surface area (Å²) in [6.45, 7) is 6.46. The van der Waals surface area contributed by atoms with Crippen molar-refractivity contribution in [3.63, 3.8) is 0 Å². The van der Waals surface area contributed by atoms with Gasteiger partial charge in [-0.05, 0) is 48.4 Å². The third-order valence-electron chi connectivity index (χ3n) is 8.50. The molecule has 0 atom stereocenters. The van der Waals surface area contributed by atoms with Crippen molar-refractivity contribution in [2.24, 2.45) is 0 Å². The van der Waals surface area contributed by atoms with E-state index in [1.165, 1.54) is 49.1 Å². The van der Waals surface area contributed by atoms with Crippen LogP contribution >= 0.6 is 11.8 Å². The average Bonchev–Trinajstić information content (AvgIpc) is 3.35. The number of hydrogen-bond acceptors (Lipinski definition) is 3. The van der Waals surface area contributed by atoms with Gasteiger partial charge in [0, 0.05) is 35.4 Å². The molecule has 1 aliphatic heterocycles. The Morgan fingerprint density at radius 3 is 2.25 bits per heavy atom. The molecule has 0 aliphatic carbocycles. The molecule has 0 spiro atoms. The third kappa shape index (κ3) is 6.54. The normalized spacial score (nSPS) is 13.9. The molecule has 1 aromatic heterocycles. The van der Waals surface area contributed by atoms with Crippen molar-refractivity contribution in [3.05, 3.63) is 131 Å². The number of hydrogen-bond donors (Lipinski definition) is 0. The van der Waals surface area contributed by atoms with E-state index < -0.39 is 0 Å². The number of nitrogens with zero attached hydrogens (tertiary/aromatic N) is 4. The minimum absolute atomic E-state index is 0.974. The number of rotatable bonds is 11. The fourth-order valence-corrected chi connectivity index (χ4v) is 7.46. The van der Waals surface area contributed by atoms with Gasteiger partial charge in [-0.15, -0.1) is 0 Å². The third-order valence-corrected chi connectivity index (χ3v) is 9.66. The Kier molecular flexibility index (Phi) is 9.06. The maximum Gasteiger partial charge on any atom is 0.282 e. The number of para-hydroxylation sites is 3. The fraction of sp³-hybridized carbons (Fsp3) is 0.256. The second-order valence-corrected chi connectivity index (χ2v) is 13.5. The Morgan fingerprint density at radius 2 is 1.50 bits per heavy atom. The smallest absolute Gasteiger partial charge is 0.282 e. The highest BCUT2D eigenvalue weighted by Gasteiger charge is 2.27. The van der Waals surface area contributed by atoms with Crippen molar-refractivity contribution in [3.8, 4) is 5.69 Å². The van der Waals surface area contributed by atoms with E-state index in [2.05, 4.69) is 164 Å². The lowest BCUT2D eigenvalue weighted by atomic mass is 10.1. The Bertz CT molecular complexity index is 1750. The summed E-state index contributed by atoms with van der Waals surface area (Å²) >= 11 is 1.85. The molecule has 0 saturated carbocycles. The molecule has 4 aromatic carbocycles. The van der Waals surface area contributed by atoms with Crippen molar-refractivity contribution < 1.29 is 9.05 Å². The summed E-state index contributed by atoms with van der Waals surface area (Å²) in [7, 11) is 6.89. The highest BCUT2D eigenvalue weighted by Crippen LogP contribution is 2.45. The predicted molar refractivity (Wildman–Crippen MR) is 188 cm³/mol. The fourth-order valence-electron chi connectivity index (χ4n) is 6.35. The lowest BCUT2D eigenvalue weighted by Gasteiger charge is -2.30. The van der Waals surface area contributed by atoms with Gasteiger partial charge in [-0.25, -0.2) is 0 Å². The van der Waals surface area contributed by atoms with Crippen LogP contribution in [0.2, 0.25) is 0 Å². The SMILES string of the molecule is CCCN(CCC[N+](C)(C)Cc1ccccc1)c1cc(C=C2Sc3ccccc3N2C)c2ccccc2[n+]1-c1ccccc1. The van der Waals surface area contributed by atoms with Gasteiger partial charge in [0.05, 0.1) is 44.4 Å². The molecular weight excluding hydrogens is 557 g/mol. The molecule has 0 bridgehead atoms. The second-order valence-electron chi connectivity index (χ2n) is 12.4. The second kappa shape index (κ2) is 13.3. The number of anilines is 2. The van der Waals surface area contributed by atoms with E-state index in [0.29, 0.717) is 0 Å². The van der Waals surface area contributed by atoms with E-state index in [0.717, 1.165) is 43.5 Å². The van der Waals surface area contributed by atoms with Crippen LogP contribution in [0.3, 0.4) is 0 Å². The van der Waals surface area contributed by atoms with E-state index in [-0.39, 0.29) is 0 Å². The molecule has 1 aliphatic rings. The van der Waals surface area contributed by atoms with Crippen LogP contribution in [0.25, 0.3) is 22.7 Å². The molecular formula is C39H44N4S+2. The quantitative estimate of drug-likeness (QED) is 0.111. The van der Waals surface area contributed by atoms with Gasteiger partial charge in [0.2, 0.25) is 0 Å². The van der Waals surface area contributed by atoms with Gasteiger partial charge in [-0.3, -0.25) is 4.90 Å². The summed E-state index contributed by atoms with van der Waals surface area (Å²) in [5.74, 6) is 1.25. The summed E-state index contributed by atoms with van der Waals surface area (Å²) in [6.07, 6.45) is 4.59. The van der Waals surface area contributed by atoms with Crippen LogP contribution in [0.4, 0.5) is 11.5 Å². The lowest BCUT2D eigenvalue weighted by Crippen LogP contribution is -2.44. The Hall–Kier alpha value is -4.06. The largest absolute Gasteiger partial charge is 0.338 e. The zero-order valence-electron chi connectivity index (χ0n) is 26.5. The van der Waals surface area contributed by atoms with E-state index in [9.17, 15) is 0 Å². The van der Waals surface area contributed by atoms with Crippen LogP contribution in [0.5, 0.6) is 0 Å². The molecule has 224 valence electrons. The number of fused-ring (bicyclic) bond motifs is 2. The molecule has 0 amide bonds.